The van der Waals surface area contributed by atoms with Gasteiger partial charge in [-0.05, 0) is 41.8 Å². The highest BCUT2D eigenvalue weighted by atomic mass is 15.5. The first-order valence-electron chi connectivity index (χ1n) is 10.7. The fourth-order valence-electron chi connectivity index (χ4n) is 4.00. The van der Waals surface area contributed by atoms with Gasteiger partial charge in [-0.15, -0.1) is 10.2 Å². The molecule has 0 fully saturated rings. The van der Waals surface area contributed by atoms with Crippen molar-refractivity contribution < 1.29 is 0 Å². The molecular weight excluding hydrogens is 400 g/mol. The second-order valence-corrected chi connectivity index (χ2v) is 7.80. The molecule has 3 heterocycles. The van der Waals surface area contributed by atoms with Crippen molar-refractivity contribution in [2.75, 3.05) is 11.9 Å². The molecule has 5 rings (SSSR count). The van der Waals surface area contributed by atoms with Crippen LogP contribution in [0.4, 0.5) is 11.5 Å². The maximum absolute atomic E-state index is 4.73. The van der Waals surface area contributed by atoms with E-state index in [1.54, 1.807) is 0 Å². The average Bonchev–Trinajstić information content (AvgIpc) is 3.49. The van der Waals surface area contributed by atoms with Gasteiger partial charge in [0.25, 0.3) is 0 Å². The van der Waals surface area contributed by atoms with Crippen LogP contribution in [0, 0.1) is 6.92 Å². The molecule has 0 spiro atoms. The standard InChI is InChI=1S/C24H24N8/c1-4-7-18-15-25-32-22(14-16(2)26-24(18)32)31(3)19-12-10-17(11-13-19)20-8-5-6-9-21(20)23-27-29-30-28-23/h5-6,8-15H,4,7H2,1-3H3,(H,27,28,29,30). The van der Waals surface area contributed by atoms with E-state index in [1.165, 1.54) is 5.56 Å². The van der Waals surface area contributed by atoms with E-state index in [-0.39, 0.29) is 0 Å². The van der Waals surface area contributed by atoms with Gasteiger partial charge in [-0.3, -0.25) is 0 Å². The molecule has 0 amide bonds. The highest BCUT2D eigenvalue weighted by Crippen LogP contribution is 2.32. The highest BCUT2D eigenvalue weighted by Gasteiger charge is 2.15. The van der Waals surface area contributed by atoms with E-state index in [2.05, 4.69) is 81.0 Å². The lowest BCUT2D eigenvalue weighted by Crippen LogP contribution is -2.15. The van der Waals surface area contributed by atoms with Crippen molar-refractivity contribution in [1.29, 1.82) is 0 Å². The Morgan fingerprint density at radius 2 is 1.81 bits per heavy atom. The molecule has 0 aliphatic heterocycles. The summed E-state index contributed by atoms with van der Waals surface area (Å²) in [4.78, 5) is 6.87. The van der Waals surface area contributed by atoms with E-state index in [0.29, 0.717) is 5.82 Å². The number of fused-ring (bicyclic) bond motifs is 1. The van der Waals surface area contributed by atoms with Crippen molar-refractivity contribution in [3.8, 4) is 22.5 Å². The molecule has 0 aliphatic rings. The number of aryl methyl sites for hydroxylation is 2. The molecule has 8 heteroatoms. The lowest BCUT2D eigenvalue weighted by Gasteiger charge is -2.21. The summed E-state index contributed by atoms with van der Waals surface area (Å²) in [5.74, 6) is 1.56. The van der Waals surface area contributed by atoms with Gasteiger partial charge < -0.3 is 4.90 Å². The molecule has 0 saturated heterocycles. The van der Waals surface area contributed by atoms with Gasteiger partial charge in [-0.2, -0.15) is 14.8 Å². The van der Waals surface area contributed by atoms with Crippen LogP contribution in [0.3, 0.4) is 0 Å². The Bertz CT molecular complexity index is 1350. The fourth-order valence-corrected chi connectivity index (χ4v) is 4.00. The Hall–Kier alpha value is -4.07. The Kier molecular flexibility index (Phi) is 5.10. The first-order chi connectivity index (χ1) is 15.7. The normalized spacial score (nSPS) is 11.2. The van der Waals surface area contributed by atoms with Crippen molar-refractivity contribution in [1.82, 2.24) is 35.2 Å². The predicted octanol–water partition coefficient (Wildman–Crippen LogP) is 4.61. The number of H-pyrrole nitrogens is 1. The molecule has 0 bridgehead atoms. The highest BCUT2D eigenvalue weighted by molar-refractivity contribution is 5.81. The molecule has 160 valence electrons. The molecule has 0 saturated carbocycles. The number of hydrogen-bond donors (Lipinski definition) is 1. The maximum atomic E-state index is 4.73. The molecule has 2 aromatic carbocycles. The smallest absolute Gasteiger partial charge is 0.205 e. The number of anilines is 2. The lowest BCUT2D eigenvalue weighted by molar-refractivity contribution is 0.881. The molecular formula is C24H24N8. The number of benzene rings is 2. The van der Waals surface area contributed by atoms with E-state index >= 15 is 0 Å². The third-order valence-electron chi connectivity index (χ3n) is 5.60. The van der Waals surface area contributed by atoms with Crippen molar-refractivity contribution in [3.63, 3.8) is 0 Å². The first kappa shape index (κ1) is 19.9. The van der Waals surface area contributed by atoms with Crippen LogP contribution in [-0.2, 0) is 6.42 Å². The fraction of sp³-hybridized carbons (Fsp3) is 0.208. The van der Waals surface area contributed by atoms with Crippen LogP contribution in [0.1, 0.15) is 24.6 Å². The monoisotopic (exact) mass is 424 g/mol. The second kappa shape index (κ2) is 8.22. The molecule has 3 aromatic heterocycles. The summed E-state index contributed by atoms with van der Waals surface area (Å²) >= 11 is 0. The van der Waals surface area contributed by atoms with Gasteiger partial charge in [-0.25, -0.2) is 4.98 Å². The van der Waals surface area contributed by atoms with Crippen LogP contribution in [0.25, 0.3) is 28.2 Å². The summed E-state index contributed by atoms with van der Waals surface area (Å²) in [7, 11) is 2.05. The first-order valence-corrected chi connectivity index (χ1v) is 10.7. The zero-order valence-electron chi connectivity index (χ0n) is 18.3. The zero-order valence-corrected chi connectivity index (χ0v) is 18.3. The minimum absolute atomic E-state index is 0.581. The second-order valence-electron chi connectivity index (χ2n) is 7.80. The van der Waals surface area contributed by atoms with Crippen LogP contribution >= 0.6 is 0 Å². The summed E-state index contributed by atoms with van der Waals surface area (Å²) in [6.45, 7) is 4.20. The lowest BCUT2D eigenvalue weighted by atomic mass is 9.99. The van der Waals surface area contributed by atoms with E-state index in [1.807, 2.05) is 35.8 Å². The van der Waals surface area contributed by atoms with Crippen molar-refractivity contribution in [3.05, 3.63) is 72.1 Å². The van der Waals surface area contributed by atoms with E-state index in [9.17, 15) is 0 Å². The number of rotatable bonds is 6. The topological polar surface area (TPSA) is 87.9 Å². The van der Waals surface area contributed by atoms with E-state index in [0.717, 1.165) is 52.4 Å². The number of nitrogens with zero attached hydrogens (tertiary/aromatic N) is 7. The summed E-state index contributed by atoms with van der Waals surface area (Å²) in [6, 6.07) is 18.6. The molecule has 5 aromatic rings. The van der Waals surface area contributed by atoms with Gasteiger partial charge in [0.15, 0.2) is 5.65 Å². The van der Waals surface area contributed by atoms with Gasteiger partial charge in [0.05, 0.1) is 6.20 Å². The van der Waals surface area contributed by atoms with Gasteiger partial charge in [-0.1, -0.05) is 49.7 Å². The van der Waals surface area contributed by atoms with Crippen LogP contribution in [-0.4, -0.2) is 42.3 Å². The van der Waals surface area contributed by atoms with Gasteiger partial charge in [0, 0.05) is 35.6 Å². The third kappa shape index (κ3) is 3.49. The maximum Gasteiger partial charge on any atom is 0.205 e. The van der Waals surface area contributed by atoms with Gasteiger partial charge in [0.1, 0.15) is 5.82 Å². The summed E-state index contributed by atoms with van der Waals surface area (Å²) < 4.78 is 1.93. The van der Waals surface area contributed by atoms with Crippen LogP contribution in [0.2, 0.25) is 0 Å². The molecule has 0 unspecified atom stereocenters. The Morgan fingerprint density at radius 1 is 1.03 bits per heavy atom. The molecule has 0 radical (unpaired) electrons. The number of nitrogens with one attached hydrogen (secondary N) is 1. The van der Waals surface area contributed by atoms with Gasteiger partial charge in [0.2, 0.25) is 5.82 Å². The molecule has 1 N–H and O–H groups in total. The summed E-state index contributed by atoms with van der Waals surface area (Å²) in [6.07, 6.45) is 3.97. The minimum atomic E-state index is 0.581. The molecule has 0 atom stereocenters. The van der Waals surface area contributed by atoms with Crippen molar-refractivity contribution in [2.45, 2.75) is 26.7 Å². The molecule has 8 nitrogen and oxygen atoms in total. The quantitative estimate of drug-likeness (QED) is 0.428. The number of tetrazole rings is 1. The van der Waals surface area contributed by atoms with Crippen molar-refractivity contribution >= 4 is 17.2 Å². The summed E-state index contributed by atoms with van der Waals surface area (Å²) in [5, 5.41) is 19.1. The van der Waals surface area contributed by atoms with E-state index in [4.69, 9.17) is 4.98 Å². The largest absolute Gasteiger partial charge is 0.329 e. The Morgan fingerprint density at radius 3 is 2.53 bits per heavy atom. The number of aromatic amines is 1. The Balaban J connectivity index is 1.51. The van der Waals surface area contributed by atoms with Crippen LogP contribution in [0.15, 0.2) is 60.8 Å². The predicted molar refractivity (Wildman–Crippen MR) is 125 cm³/mol. The minimum Gasteiger partial charge on any atom is -0.329 e. The Labute approximate surface area is 185 Å². The third-order valence-corrected chi connectivity index (χ3v) is 5.60. The molecule has 32 heavy (non-hydrogen) atoms. The number of aromatic nitrogens is 7. The SMILES string of the molecule is CCCc1cnn2c(N(C)c3ccc(-c4ccccc4-c4nn[nH]n4)cc3)cc(C)nc12. The average molecular weight is 425 g/mol. The van der Waals surface area contributed by atoms with Crippen molar-refractivity contribution in [2.24, 2.45) is 0 Å². The van der Waals surface area contributed by atoms with Gasteiger partial charge >= 0.3 is 0 Å². The zero-order chi connectivity index (χ0) is 22.1. The van der Waals surface area contributed by atoms with Crippen LogP contribution in [0.5, 0.6) is 0 Å². The van der Waals surface area contributed by atoms with Crippen LogP contribution < -0.4 is 4.90 Å². The molecule has 0 aliphatic carbocycles. The summed E-state index contributed by atoms with van der Waals surface area (Å²) in [5.41, 5.74) is 7.23. The van der Waals surface area contributed by atoms with E-state index < -0.39 is 0 Å². The number of hydrogen-bond acceptors (Lipinski definition) is 6.